The van der Waals surface area contributed by atoms with Crippen molar-refractivity contribution in [3.8, 4) is 5.88 Å². The molecule has 1 aromatic heterocycles. The van der Waals surface area contributed by atoms with Crippen LogP contribution in [0.15, 0.2) is 16.7 Å². The minimum absolute atomic E-state index is 0.194. The summed E-state index contributed by atoms with van der Waals surface area (Å²) in [4.78, 5) is 17.3. The number of hydrogen-bond donors (Lipinski definition) is 0. The van der Waals surface area contributed by atoms with Crippen molar-refractivity contribution >= 4 is 21.8 Å². The van der Waals surface area contributed by atoms with Crippen LogP contribution in [0.2, 0.25) is 0 Å². The number of nitrogens with zero attached hydrogens (tertiary/aromatic N) is 2. The molecule has 1 aliphatic heterocycles. The Morgan fingerprint density at radius 1 is 1.65 bits per heavy atom. The summed E-state index contributed by atoms with van der Waals surface area (Å²) < 4.78 is 6.60. The molecule has 1 fully saturated rings. The van der Waals surface area contributed by atoms with Crippen LogP contribution in [0.25, 0.3) is 0 Å². The number of carbonyl (C=O) groups excluding carboxylic acids is 1. The highest BCUT2D eigenvalue weighted by Gasteiger charge is 2.27. The standard InChI is InChI=1S/C12H15BrN2O2/c1-8-3-10(13)5-14-12(8)17-7-9-4-11(16)15(2)6-9/h3,5,9H,4,6-7H2,1-2H3. The van der Waals surface area contributed by atoms with Crippen molar-refractivity contribution in [3.63, 3.8) is 0 Å². The number of halogens is 1. The number of carbonyl (C=O) groups is 1. The van der Waals surface area contributed by atoms with E-state index in [0.29, 0.717) is 18.9 Å². The van der Waals surface area contributed by atoms with E-state index in [1.807, 2.05) is 20.0 Å². The van der Waals surface area contributed by atoms with Gasteiger partial charge in [-0.3, -0.25) is 4.79 Å². The molecule has 0 spiro atoms. The predicted molar refractivity (Wildman–Crippen MR) is 67.9 cm³/mol. The summed E-state index contributed by atoms with van der Waals surface area (Å²) in [6, 6.07) is 1.97. The van der Waals surface area contributed by atoms with Crippen molar-refractivity contribution in [2.24, 2.45) is 5.92 Å². The van der Waals surface area contributed by atoms with E-state index in [0.717, 1.165) is 16.6 Å². The fourth-order valence-corrected chi connectivity index (χ4v) is 2.39. The van der Waals surface area contributed by atoms with Gasteiger partial charge in [-0.1, -0.05) is 0 Å². The van der Waals surface area contributed by atoms with E-state index in [1.165, 1.54) is 0 Å². The minimum Gasteiger partial charge on any atom is -0.477 e. The highest BCUT2D eigenvalue weighted by Crippen LogP contribution is 2.21. The van der Waals surface area contributed by atoms with Gasteiger partial charge in [-0.05, 0) is 28.9 Å². The van der Waals surface area contributed by atoms with Gasteiger partial charge in [0.2, 0.25) is 11.8 Å². The molecule has 1 atom stereocenters. The number of likely N-dealkylation sites (tertiary alicyclic amines) is 1. The maximum absolute atomic E-state index is 11.4. The van der Waals surface area contributed by atoms with Gasteiger partial charge in [-0.25, -0.2) is 4.98 Å². The zero-order valence-electron chi connectivity index (χ0n) is 9.94. The van der Waals surface area contributed by atoms with Crippen LogP contribution in [0.1, 0.15) is 12.0 Å². The molecule has 2 heterocycles. The summed E-state index contributed by atoms with van der Waals surface area (Å²) in [6.45, 7) is 3.28. The molecule has 1 unspecified atom stereocenters. The summed E-state index contributed by atoms with van der Waals surface area (Å²) in [5, 5.41) is 0. The van der Waals surface area contributed by atoms with E-state index in [4.69, 9.17) is 4.74 Å². The molecule has 92 valence electrons. The average molecular weight is 299 g/mol. The second-order valence-corrected chi connectivity index (χ2v) is 5.35. The van der Waals surface area contributed by atoms with E-state index in [2.05, 4.69) is 20.9 Å². The maximum Gasteiger partial charge on any atom is 0.222 e. The largest absolute Gasteiger partial charge is 0.477 e. The molecule has 1 aromatic rings. The Balaban J connectivity index is 1.92. The lowest BCUT2D eigenvalue weighted by Gasteiger charge is -2.12. The van der Waals surface area contributed by atoms with Crippen LogP contribution in [0.4, 0.5) is 0 Å². The molecule has 0 aliphatic carbocycles. The molecule has 1 aliphatic rings. The van der Waals surface area contributed by atoms with Crippen LogP contribution in [0.5, 0.6) is 5.88 Å². The van der Waals surface area contributed by atoms with Crippen LogP contribution < -0.4 is 4.74 Å². The fraction of sp³-hybridized carbons (Fsp3) is 0.500. The SMILES string of the molecule is Cc1cc(Br)cnc1OCC1CC(=O)N(C)C1. The third-order valence-corrected chi connectivity index (χ3v) is 3.31. The van der Waals surface area contributed by atoms with E-state index in [1.54, 1.807) is 11.1 Å². The third-order valence-electron chi connectivity index (χ3n) is 2.87. The molecule has 0 N–H and O–H groups in total. The molecule has 1 saturated heterocycles. The number of amides is 1. The monoisotopic (exact) mass is 298 g/mol. The van der Waals surface area contributed by atoms with Gasteiger partial charge in [0, 0.05) is 42.2 Å². The zero-order valence-corrected chi connectivity index (χ0v) is 11.5. The van der Waals surface area contributed by atoms with Gasteiger partial charge in [0.25, 0.3) is 0 Å². The van der Waals surface area contributed by atoms with Crippen molar-refractivity contribution in [2.75, 3.05) is 20.2 Å². The first-order valence-electron chi connectivity index (χ1n) is 5.55. The molecule has 4 nitrogen and oxygen atoms in total. The molecule has 2 rings (SSSR count). The van der Waals surface area contributed by atoms with Crippen molar-refractivity contribution in [3.05, 3.63) is 22.3 Å². The van der Waals surface area contributed by atoms with Crippen molar-refractivity contribution in [2.45, 2.75) is 13.3 Å². The molecule has 0 radical (unpaired) electrons. The second kappa shape index (κ2) is 5.04. The topological polar surface area (TPSA) is 42.4 Å². The van der Waals surface area contributed by atoms with E-state index in [9.17, 15) is 4.79 Å². The zero-order chi connectivity index (χ0) is 12.4. The molecule has 5 heteroatoms. The Kier molecular flexibility index (Phi) is 3.66. The first-order valence-corrected chi connectivity index (χ1v) is 6.34. The van der Waals surface area contributed by atoms with E-state index in [-0.39, 0.29) is 11.8 Å². The summed E-state index contributed by atoms with van der Waals surface area (Å²) >= 11 is 3.36. The highest BCUT2D eigenvalue weighted by molar-refractivity contribution is 9.10. The van der Waals surface area contributed by atoms with Gasteiger partial charge < -0.3 is 9.64 Å². The summed E-state index contributed by atoms with van der Waals surface area (Å²) in [7, 11) is 1.82. The summed E-state index contributed by atoms with van der Waals surface area (Å²) in [5.41, 5.74) is 0.997. The lowest BCUT2D eigenvalue weighted by Crippen LogP contribution is -2.20. The van der Waals surface area contributed by atoms with Gasteiger partial charge in [-0.2, -0.15) is 0 Å². The van der Waals surface area contributed by atoms with E-state index >= 15 is 0 Å². The van der Waals surface area contributed by atoms with E-state index < -0.39 is 0 Å². The molecular weight excluding hydrogens is 284 g/mol. The smallest absolute Gasteiger partial charge is 0.222 e. The van der Waals surface area contributed by atoms with Gasteiger partial charge in [0.15, 0.2) is 0 Å². The van der Waals surface area contributed by atoms with Crippen LogP contribution in [-0.4, -0.2) is 36.0 Å². The first kappa shape index (κ1) is 12.4. The van der Waals surface area contributed by atoms with Gasteiger partial charge in [0.1, 0.15) is 0 Å². The van der Waals surface area contributed by atoms with Crippen molar-refractivity contribution in [1.82, 2.24) is 9.88 Å². The summed E-state index contributed by atoms with van der Waals surface area (Å²) in [6.07, 6.45) is 2.29. The molecule has 17 heavy (non-hydrogen) atoms. The predicted octanol–water partition coefficient (Wildman–Crippen LogP) is 2.01. The third kappa shape index (κ3) is 2.97. The Bertz CT molecular complexity index is 437. The number of rotatable bonds is 3. The lowest BCUT2D eigenvalue weighted by molar-refractivity contribution is -0.126. The molecule has 0 aromatic carbocycles. The Morgan fingerprint density at radius 2 is 2.41 bits per heavy atom. The molecule has 1 amide bonds. The Morgan fingerprint density at radius 3 is 3.00 bits per heavy atom. The highest BCUT2D eigenvalue weighted by atomic mass is 79.9. The van der Waals surface area contributed by atoms with Crippen molar-refractivity contribution in [1.29, 1.82) is 0 Å². The molecule has 0 saturated carbocycles. The summed E-state index contributed by atoms with van der Waals surface area (Å²) in [5.74, 6) is 1.12. The lowest BCUT2D eigenvalue weighted by atomic mass is 10.1. The minimum atomic E-state index is 0.194. The first-order chi connectivity index (χ1) is 8.06. The van der Waals surface area contributed by atoms with Gasteiger partial charge >= 0.3 is 0 Å². The normalized spacial score (nSPS) is 19.8. The van der Waals surface area contributed by atoms with Crippen LogP contribution in [0, 0.1) is 12.8 Å². The second-order valence-electron chi connectivity index (χ2n) is 4.43. The maximum atomic E-state index is 11.4. The van der Waals surface area contributed by atoms with Gasteiger partial charge in [-0.15, -0.1) is 0 Å². The Labute approximate surface area is 109 Å². The number of pyridine rings is 1. The van der Waals surface area contributed by atoms with Gasteiger partial charge in [0.05, 0.1) is 6.61 Å². The number of aryl methyl sites for hydroxylation is 1. The van der Waals surface area contributed by atoms with Crippen LogP contribution >= 0.6 is 15.9 Å². The Hall–Kier alpha value is -1.10. The number of aromatic nitrogens is 1. The molecule has 0 bridgehead atoms. The average Bonchev–Trinajstić information content (AvgIpc) is 2.57. The van der Waals surface area contributed by atoms with Crippen LogP contribution in [-0.2, 0) is 4.79 Å². The molecular formula is C12H15BrN2O2. The fourth-order valence-electron chi connectivity index (χ4n) is 1.94. The number of ether oxygens (including phenoxy) is 1. The quantitative estimate of drug-likeness (QED) is 0.857. The van der Waals surface area contributed by atoms with Crippen molar-refractivity contribution < 1.29 is 9.53 Å². The number of hydrogen-bond acceptors (Lipinski definition) is 3. The van der Waals surface area contributed by atoms with Crippen LogP contribution in [0.3, 0.4) is 0 Å².